The van der Waals surface area contributed by atoms with Crippen molar-refractivity contribution in [1.82, 2.24) is 0 Å². The summed E-state index contributed by atoms with van der Waals surface area (Å²) in [6, 6.07) is 57.3. The molecule has 10 rings (SSSR count). The van der Waals surface area contributed by atoms with E-state index in [-0.39, 0.29) is 0 Å². The normalized spacial score (nSPS) is 12.0. The maximum absolute atomic E-state index is 6.34. The third-order valence-electron chi connectivity index (χ3n) is 9.64. The van der Waals surface area contributed by atoms with Crippen LogP contribution >= 0.6 is 0 Å². The fourth-order valence-electron chi connectivity index (χ4n) is 7.76. The largest absolute Gasteiger partial charge is 0.456 e. The highest BCUT2D eigenvalue weighted by Gasteiger charge is 2.22. The maximum atomic E-state index is 6.34. The van der Waals surface area contributed by atoms with Gasteiger partial charge >= 0.3 is 0 Å². The van der Waals surface area contributed by atoms with Crippen LogP contribution in [-0.2, 0) is 0 Å². The molecule has 1 nitrogen and oxygen atoms in total. The summed E-state index contributed by atoms with van der Waals surface area (Å²) in [6.45, 7) is 0. The molecule has 9 aromatic carbocycles. The molecule has 1 aromatic heterocycles. The standard InChI is InChI=1S/C44H26O/c1-2-11-27(12-3-1)29-23-24-36(31-15-5-4-14-30(29)31)42-32-16-6-8-18-34(32)43(35-19-9-7-17-33(35)42)37-25-26-40-44-38(37)22-21-28-13-10-20-39(45-40)41(28)44/h1-26H. The van der Waals surface area contributed by atoms with Crippen LogP contribution in [0.2, 0.25) is 0 Å². The van der Waals surface area contributed by atoms with Crippen molar-refractivity contribution in [3.8, 4) is 33.4 Å². The average molecular weight is 571 g/mol. The lowest BCUT2D eigenvalue weighted by molar-refractivity contribution is 0.669. The molecule has 10 aromatic rings. The molecular formula is C44H26O. The predicted molar refractivity (Wildman–Crippen MR) is 191 cm³/mol. The van der Waals surface area contributed by atoms with Gasteiger partial charge in [-0.3, -0.25) is 0 Å². The predicted octanol–water partition coefficient (Wildman–Crippen LogP) is 12.6. The van der Waals surface area contributed by atoms with Crippen LogP contribution in [0.5, 0.6) is 0 Å². The van der Waals surface area contributed by atoms with E-state index in [1.54, 1.807) is 0 Å². The van der Waals surface area contributed by atoms with Gasteiger partial charge in [-0.1, -0.05) is 140 Å². The molecule has 0 atom stereocenters. The Morgan fingerprint density at radius 3 is 1.47 bits per heavy atom. The van der Waals surface area contributed by atoms with E-state index in [4.69, 9.17) is 4.42 Å². The zero-order valence-corrected chi connectivity index (χ0v) is 24.4. The quantitative estimate of drug-likeness (QED) is 0.152. The van der Waals surface area contributed by atoms with Crippen molar-refractivity contribution in [2.24, 2.45) is 0 Å². The first-order chi connectivity index (χ1) is 22.3. The third kappa shape index (κ3) is 3.44. The zero-order chi connectivity index (χ0) is 29.5. The number of furan rings is 1. The number of fused-ring (bicyclic) bond motifs is 3. The van der Waals surface area contributed by atoms with Gasteiger partial charge in [0.05, 0.1) is 0 Å². The fourth-order valence-corrected chi connectivity index (χ4v) is 7.76. The Hall–Kier alpha value is -5.92. The molecule has 0 N–H and O–H groups in total. The number of benzene rings is 9. The van der Waals surface area contributed by atoms with Gasteiger partial charge in [0, 0.05) is 10.8 Å². The molecule has 0 spiro atoms. The summed E-state index contributed by atoms with van der Waals surface area (Å²) in [6.07, 6.45) is 0. The second kappa shape index (κ2) is 9.29. The van der Waals surface area contributed by atoms with Gasteiger partial charge in [0.25, 0.3) is 0 Å². The van der Waals surface area contributed by atoms with Crippen molar-refractivity contribution < 1.29 is 4.42 Å². The summed E-state index contributed by atoms with van der Waals surface area (Å²) in [4.78, 5) is 0. The Morgan fingerprint density at radius 2 is 0.800 bits per heavy atom. The van der Waals surface area contributed by atoms with Gasteiger partial charge in [-0.25, -0.2) is 0 Å². The van der Waals surface area contributed by atoms with Crippen LogP contribution in [-0.4, -0.2) is 0 Å². The Balaban J connectivity index is 1.33. The summed E-state index contributed by atoms with van der Waals surface area (Å²) in [5.41, 5.74) is 9.42. The molecule has 0 aliphatic rings. The number of hydrogen-bond acceptors (Lipinski definition) is 1. The van der Waals surface area contributed by atoms with E-state index >= 15 is 0 Å². The first-order valence-electron chi connectivity index (χ1n) is 15.5. The zero-order valence-electron chi connectivity index (χ0n) is 24.4. The van der Waals surface area contributed by atoms with Crippen LogP contribution in [0.15, 0.2) is 162 Å². The molecular weight excluding hydrogens is 544 g/mol. The molecule has 0 bridgehead atoms. The molecule has 0 saturated carbocycles. The molecule has 45 heavy (non-hydrogen) atoms. The van der Waals surface area contributed by atoms with Gasteiger partial charge in [0.2, 0.25) is 0 Å². The lowest BCUT2D eigenvalue weighted by atomic mass is 9.83. The molecule has 0 unspecified atom stereocenters. The molecule has 0 radical (unpaired) electrons. The number of rotatable bonds is 3. The number of hydrogen-bond donors (Lipinski definition) is 0. The molecule has 0 saturated heterocycles. The lowest BCUT2D eigenvalue weighted by Gasteiger charge is -2.20. The van der Waals surface area contributed by atoms with E-state index in [0.29, 0.717) is 0 Å². The van der Waals surface area contributed by atoms with Crippen molar-refractivity contribution in [3.63, 3.8) is 0 Å². The van der Waals surface area contributed by atoms with Crippen molar-refractivity contribution in [3.05, 3.63) is 158 Å². The topological polar surface area (TPSA) is 13.1 Å². The molecule has 1 heterocycles. The Labute approximate surface area is 259 Å². The first-order valence-corrected chi connectivity index (χ1v) is 15.5. The molecule has 0 aliphatic heterocycles. The second-order valence-corrected chi connectivity index (χ2v) is 12.0. The molecule has 0 aliphatic carbocycles. The minimum Gasteiger partial charge on any atom is -0.456 e. The summed E-state index contributed by atoms with van der Waals surface area (Å²) in [5, 5.41) is 12.4. The third-order valence-corrected chi connectivity index (χ3v) is 9.64. The van der Waals surface area contributed by atoms with Crippen LogP contribution in [0.25, 0.3) is 98.4 Å². The molecule has 1 heteroatoms. The van der Waals surface area contributed by atoms with Crippen LogP contribution in [0.3, 0.4) is 0 Å². The van der Waals surface area contributed by atoms with E-state index < -0.39 is 0 Å². The highest BCUT2D eigenvalue weighted by atomic mass is 16.3. The van der Waals surface area contributed by atoms with Crippen molar-refractivity contribution in [1.29, 1.82) is 0 Å². The van der Waals surface area contributed by atoms with Crippen molar-refractivity contribution in [2.75, 3.05) is 0 Å². The minimum absolute atomic E-state index is 0.941. The van der Waals surface area contributed by atoms with Gasteiger partial charge in [-0.15, -0.1) is 0 Å². The van der Waals surface area contributed by atoms with E-state index in [1.807, 2.05) is 0 Å². The Kier molecular flexibility index (Phi) is 5.06. The summed E-state index contributed by atoms with van der Waals surface area (Å²) >= 11 is 0. The molecule has 0 fully saturated rings. The van der Waals surface area contributed by atoms with Gasteiger partial charge in [0.15, 0.2) is 0 Å². The van der Waals surface area contributed by atoms with E-state index in [9.17, 15) is 0 Å². The summed E-state index contributed by atoms with van der Waals surface area (Å²) in [7, 11) is 0. The van der Waals surface area contributed by atoms with Crippen LogP contribution in [0, 0.1) is 0 Å². The van der Waals surface area contributed by atoms with Crippen molar-refractivity contribution >= 4 is 65.0 Å². The summed E-state index contributed by atoms with van der Waals surface area (Å²) in [5.74, 6) is 0. The van der Waals surface area contributed by atoms with E-state index in [2.05, 4.69) is 158 Å². The van der Waals surface area contributed by atoms with E-state index in [1.165, 1.54) is 87.2 Å². The minimum atomic E-state index is 0.941. The highest BCUT2D eigenvalue weighted by molar-refractivity contribution is 6.29. The molecule has 0 amide bonds. The molecule has 208 valence electrons. The van der Waals surface area contributed by atoms with Crippen molar-refractivity contribution in [2.45, 2.75) is 0 Å². The van der Waals surface area contributed by atoms with Gasteiger partial charge in [-0.2, -0.15) is 0 Å². The van der Waals surface area contributed by atoms with E-state index in [0.717, 1.165) is 11.2 Å². The van der Waals surface area contributed by atoms with Crippen LogP contribution < -0.4 is 0 Å². The Bertz CT molecular complexity index is 2690. The van der Waals surface area contributed by atoms with Crippen LogP contribution in [0.1, 0.15) is 0 Å². The second-order valence-electron chi connectivity index (χ2n) is 12.0. The highest BCUT2D eigenvalue weighted by Crippen LogP contribution is 2.49. The van der Waals surface area contributed by atoms with Crippen LogP contribution in [0.4, 0.5) is 0 Å². The smallest absolute Gasteiger partial charge is 0.136 e. The Morgan fingerprint density at radius 1 is 0.289 bits per heavy atom. The average Bonchev–Trinajstić information content (AvgIpc) is 3.50. The first kappa shape index (κ1) is 24.5. The van der Waals surface area contributed by atoms with Gasteiger partial charge < -0.3 is 4.42 Å². The maximum Gasteiger partial charge on any atom is 0.136 e. The monoisotopic (exact) mass is 570 g/mol. The fraction of sp³-hybridized carbons (Fsp3) is 0. The van der Waals surface area contributed by atoms with Gasteiger partial charge in [-0.05, 0) is 94.7 Å². The summed E-state index contributed by atoms with van der Waals surface area (Å²) < 4.78 is 6.34. The lowest BCUT2D eigenvalue weighted by Crippen LogP contribution is -1.93. The SMILES string of the molecule is c1ccc(-c2ccc(-c3c4ccccc4c(-c4ccc5oc6cccc7ccc4c5c76)c4ccccc34)c3ccccc23)cc1. The van der Waals surface area contributed by atoms with Gasteiger partial charge in [0.1, 0.15) is 11.2 Å².